The molecule has 0 spiro atoms. The summed E-state index contributed by atoms with van der Waals surface area (Å²) < 4.78 is 5.03. The van der Waals surface area contributed by atoms with Gasteiger partial charge >= 0.3 is 5.97 Å². The molecule has 0 atom stereocenters. The Labute approximate surface area is 169 Å². The van der Waals surface area contributed by atoms with Crippen molar-refractivity contribution in [1.82, 2.24) is 0 Å². The van der Waals surface area contributed by atoms with Crippen LogP contribution in [0.25, 0.3) is 0 Å². The molecule has 26 heavy (non-hydrogen) atoms. The SMILES string of the molecule is CCOC(=O)c1c(NC(=O)c2c(Cl)ccc(Cl)c2Cl)sc(C(C)=O)c1C. The molecule has 0 aliphatic carbocycles. The van der Waals surface area contributed by atoms with Gasteiger partial charge in [0.15, 0.2) is 5.78 Å². The fourth-order valence-corrected chi connectivity index (χ4v) is 4.07. The Morgan fingerprint density at radius 2 is 1.73 bits per heavy atom. The van der Waals surface area contributed by atoms with Crippen molar-refractivity contribution in [2.45, 2.75) is 20.8 Å². The molecule has 1 aromatic carbocycles. The fourth-order valence-electron chi connectivity index (χ4n) is 2.29. The molecular formula is C17H14Cl3NO4S. The van der Waals surface area contributed by atoms with Crippen molar-refractivity contribution in [2.75, 3.05) is 11.9 Å². The van der Waals surface area contributed by atoms with Gasteiger partial charge in [-0.2, -0.15) is 0 Å². The summed E-state index contributed by atoms with van der Waals surface area (Å²) in [4.78, 5) is 37.1. The predicted octanol–water partition coefficient (Wildman–Crippen LogP) is 5.65. The molecule has 0 fully saturated rings. The van der Waals surface area contributed by atoms with Gasteiger partial charge < -0.3 is 10.1 Å². The first-order valence-corrected chi connectivity index (χ1v) is 9.40. The summed E-state index contributed by atoms with van der Waals surface area (Å²) in [5.74, 6) is -1.51. The number of carbonyl (C=O) groups excluding carboxylic acids is 3. The first-order chi connectivity index (χ1) is 12.2. The van der Waals surface area contributed by atoms with Crippen molar-refractivity contribution in [3.8, 4) is 0 Å². The van der Waals surface area contributed by atoms with Gasteiger partial charge in [0.2, 0.25) is 0 Å². The number of amides is 1. The molecule has 0 saturated carbocycles. The first-order valence-electron chi connectivity index (χ1n) is 7.45. The lowest BCUT2D eigenvalue weighted by molar-refractivity contribution is 0.0527. The lowest BCUT2D eigenvalue weighted by Gasteiger charge is -2.10. The Bertz CT molecular complexity index is 908. The maximum Gasteiger partial charge on any atom is 0.341 e. The summed E-state index contributed by atoms with van der Waals surface area (Å²) in [5.41, 5.74) is 0.551. The van der Waals surface area contributed by atoms with Gasteiger partial charge in [0.25, 0.3) is 5.91 Å². The maximum atomic E-state index is 12.7. The van der Waals surface area contributed by atoms with Gasteiger partial charge in [-0.05, 0) is 38.5 Å². The Hall–Kier alpha value is -1.60. The van der Waals surface area contributed by atoms with E-state index in [1.165, 1.54) is 19.1 Å². The van der Waals surface area contributed by atoms with E-state index < -0.39 is 11.9 Å². The van der Waals surface area contributed by atoms with Gasteiger partial charge in [0.1, 0.15) is 5.00 Å². The van der Waals surface area contributed by atoms with Crippen LogP contribution in [0, 0.1) is 6.92 Å². The molecule has 0 bridgehead atoms. The summed E-state index contributed by atoms with van der Waals surface area (Å²) >= 11 is 19.1. The van der Waals surface area contributed by atoms with Crippen LogP contribution < -0.4 is 5.32 Å². The summed E-state index contributed by atoms with van der Waals surface area (Å²) in [5, 5.41) is 3.04. The Balaban J connectivity index is 2.51. The van der Waals surface area contributed by atoms with Gasteiger partial charge in [-0.3, -0.25) is 9.59 Å². The molecule has 138 valence electrons. The van der Waals surface area contributed by atoms with Crippen LogP contribution in [0.15, 0.2) is 12.1 Å². The van der Waals surface area contributed by atoms with Crippen LogP contribution in [0.5, 0.6) is 0 Å². The number of rotatable bonds is 5. The molecule has 0 aliphatic heterocycles. The molecule has 0 saturated heterocycles. The molecule has 0 aliphatic rings. The van der Waals surface area contributed by atoms with Crippen LogP contribution in [0.1, 0.15) is 49.8 Å². The summed E-state index contributed by atoms with van der Waals surface area (Å²) in [6.07, 6.45) is 0. The van der Waals surface area contributed by atoms with Crippen LogP contribution in [-0.4, -0.2) is 24.3 Å². The van der Waals surface area contributed by atoms with Gasteiger partial charge in [0, 0.05) is 0 Å². The third-order valence-electron chi connectivity index (χ3n) is 3.44. The average Bonchev–Trinajstić information content (AvgIpc) is 2.88. The van der Waals surface area contributed by atoms with Gasteiger partial charge in [-0.15, -0.1) is 11.3 Å². The van der Waals surface area contributed by atoms with E-state index in [-0.39, 0.29) is 43.6 Å². The zero-order valence-electron chi connectivity index (χ0n) is 14.0. The van der Waals surface area contributed by atoms with E-state index in [9.17, 15) is 14.4 Å². The molecule has 1 amide bonds. The second-order valence-electron chi connectivity index (χ2n) is 5.21. The maximum absolute atomic E-state index is 12.7. The minimum absolute atomic E-state index is 0.00517. The van der Waals surface area contributed by atoms with Crippen LogP contribution in [0.4, 0.5) is 5.00 Å². The quantitative estimate of drug-likeness (QED) is 0.375. The molecule has 1 heterocycles. The molecule has 2 aromatic rings. The standard InChI is InChI=1S/C17H14Cl3NO4S/c1-4-25-17(24)11-7(2)14(8(3)22)26-16(11)21-15(23)12-9(18)5-6-10(19)13(12)20/h5-6H,4H2,1-3H3,(H,21,23). The largest absolute Gasteiger partial charge is 0.462 e. The molecule has 0 radical (unpaired) electrons. The van der Waals surface area contributed by atoms with E-state index in [0.29, 0.717) is 10.4 Å². The second-order valence-corrected chi connectivity index (χ2v) is 7.42. The topological polar surface area (TPSA) is 72.5 Å². The number of benzene rings is 1. The van der Waals surface area contributed by atoms with Gasteiger partial charge in [-0.1, -0.05) is 34.8 Å². The molecule has 9 heteroatoms. The van der Waals surface area contributed by atoms with Crippen molar-refractivity contribution >= 4 is 68.8 Å². The lowest BCUT2D eigenvalue weighted by Crippen LogP contribution is -2.16. The number of nitrogens with one attached hydrogen (secondary N) is 1. The number of thiophene rings is 1. The third kappa shape index (κ3) is 4.04. The molecule has 0 unspecified atom stereocenters. The van der Waals surface area contributed by atoms with Crippen LogP contribution >= 0.6 is 46.1 Å². The lowest BCUT2D eigenvalue weighted by atomic mass is 10.1. The van der Waals surface area contributed by atoms with E-state index in [4.69, 9.17) is 39.5 Å². The Kier molecular flexibility index (Phi) is 6.69. The van der Waals surface area contributed by atoms with Crippen molar-refractivity contribution in [2.24, 2.45) is 0 Å². The van der Waals surface area contributed by atoms with Gasteiger partial charge in [-0.25, -0.2) is 4.79 Å². The van der Waals surface area contributed by atoms with Crippen LogP contribution in [0.2, 0.25) is 15.1 Å². The van der Waals surface area contributed by atoms with Crippen molar-refractivity contribution in [3.05, 3.63) is 48.8 Å². The average molecular weight is 435 g/mol. The highest BCUT2D eigenvalue weighted by Crippen LogP contribution is 2.36. The monoisotopic (exact) mass is 433 g/mol. The van der Waals surface area contributed by atoms with E-state index in [2.05, 4.69) is 5.32 Å². The van der Waals surface area contributed by atoms with Gasteiger partial charge in [0.05, 0.1) is 37.7 Å². The smallest absolute Gasteiger partial charge is 0.341 e. The molecule has 1 aromatic heterocycles. The number of halogens is 3. The number of Topliss-reactive ketones (excluding diaryl/α,β-unsaturated/α-hetero) is 1. The zero-order valence-corrected chi connectivity index (χ0v) is 17.1. The number of hydrogen-bond acceptors (Lipinski definition) is 5. The Morgan fingerprint density at radius 3 is 2.31 bits per heavy atom. The minimum atomic E-state index is -0.649. The Morgan fingerprint density at radius 1 is 1.12 bits per heavy atom. The van der Waals surface area contributed by atoms with E-state index in [1.807, 2.05) is 0 Å². The van der Waals surface area contributed by atoms with E-state index in [0.717, 1.165) is 11.3 Å². The molecule has 2 rings (SSSR count). The zero-order chi connectivity index (χ0) is 19.6. The highest BCUT2D eigenvalue weighted by Gasteiger charge is 2.27. The van der Waals surface area contributed by atoms with E-state index >= 15 is 0 Å². The molecular weight excluding hydrogens is 421 g/mol. The molecule has 1 N–H and O–H groups in total. The summed E-state index contributed by atoms with van der Waals surface area (Å²) in [7, 11) is 0. The third-order valence-corrected chi connectivity index (χ3v) is 5.87. The highest BCUT2D eigenvalue weighted by molar-refractivity contribution is 7.18. The fraction of sp³-hybridized carbons (Fsp3) is 0.235. The van der Waals surface area contributed by atoms with Crippen molar-refractivity contribution in [3.63, 3.8) is 0 Å². The minimum Gasteiger partial charge on any atom is -0.462 e. The number of carbonyl (C=O) groups is 3. The number of anilines is 1. The van der Waals surface area contributed by atoms with Crippen molar-refractivity contribution in [1.29, 1.82) is 0 Å². The summed E-state index contributed by atoms with van der Waals surface area (Å²) in [6, 6.07) is 2.91. The predicted molar refractivity (Wildman–Crippen MR) is 104 cm³/mol. The number of hydrogen-bond donors (Lipinski definition) is 1. The van der Waals surface area contributed by atoms with Crippen molar-refractivity contribution < 1.29 is 19.1 Å². The first kappa shape index (κ1) is 20.7. The number of esters is 1. The normalized spacial score (nSPS) is 10.5. The van der Waals surface area contributed by atoms with Crippen LogP contribution in [0.3, 0.4) is 0 Å². The number of ketones is 1. The van der Waals surface area contributed by atoms with Crippen LogP contribution in [-0.2, 0) is 4.74 Å². The molecule has 5 nitrogen and oxygen atoms in total. The summed E-state index contributed by atoms with van der Waals surface area (Å²) in [6.45, 7) is 4.82. The number of ether oxygens (including phenoxy) is 1. The second kappa shape index (κ2) is 8.39. The highest BCUT2D eigenvalue weighted by atomic mass is 35.5. The van der Waals surface area contributed by atoms with E-state index in [1.54, 1.807) is 13.8 Å².